The molecule has 3 rings (SSSR count). The van der Waals surface area contributed by atoms with E-state index >= 15 is 0 Å². The summed E-state index contributed by atoms with van der Waals surface area (Å²) in [6.07, 6.45) is 1.85. The van der Waals surface area contributed by atoms with E-state index in [1.165, 1.54) is 27.6 Å². The lowest BCUT2D eigenvalue weighted by Gasteiger charge is -2.33. The summed E-state index contributed by atoms with van der Waals surface area (Å²) >= 11 is 0. The molecule has 0 amide bonds. The molecule has 0 radical (unpaired) electrons. The summed E-state index contributed by atoms with van der Waals surface area (Å²) in [5.74, 6) is 0.968. The molecule has 0 aliphatic rings. The lowest BCUT2D eigenvalue weighted by Crippen LogP contribution is -2.36. The summed E-state index contributed by atoms with van der Waals surface area (Å²) in [6.45, 7) is 12.4. The van der Waals surface area contributed by atoms with Crippen molar-refractivity contribution >= 4 is 13.9 Å². The maximum absolute atomic E-state index is 6.27. The third-order valence-electron chi connectivity index (χ3n) is 6.19. The summed E-state index contributed by atoms with van der Waals surface area (Å²) < 4.78 is 11.6. The van der Waals surface area contributed by atoms with Gasteiger partial charge in [0.15, 0.2) is 6.79 Å². The number of methoxy groups -OCH3 is 1. The first-order valence-electron chi connectivity index (χ1n) is 12.1. The summed E-state index contributed by atoms with van der Waals surface area (Å²) in [5, 5.41) is 5.02. The molecular formula is C30H40NO2P. The molecular weight excluding hydrogens is 437 g/mol. The molecule has 3 aromatic rings. The second-order valence-electron chi connectivity index (χ2n) is 10.1. The molecule has 0 saturated carbocycles. The van der Waals surface area contributed by atoms with Gasteiger partial charge in [0.1, 0.15) is 5.75 Å². The third kappa shape index (κ3) is 7.15. The standard InChI is InChI=1S/C30H40NO2P/c1-7-30(5,34-27-19-12-11-16-25(27)21-31-29(2,3)4)26-18-13-17-24(28(26)33-22-32-6)20-23-14-9-8-10-15-23/h8-19,31,34H,7,20-22H2,1-6H3. The smallest absolute Gasteiger partial charge is 0.188 e. The summed E-state index contributed by atoms with van der Waals surface area (Å²) in [4.78, 5) is 0. The van der Waals surface area contributed by atoms with Gasteiger partial charge in [-0.05, 0) is 49.2 Å². The number of ether oxygens (including phenoxy) is 2. The van der Waals surface area contributed by atoms with Gasteiger partial charge in [-0.3, -0.25) is 0 Å². The largest absolute Gasteiger partial charge is 0.467 e. The van der Waals surface area contributed by atoms with Crippen LogP contribution in [0.5, 0.6) is 5.75 Å². The minimum absolute atomic E-state index is 0.0480. The van der Waals surface area contributed by atoms with E-state index in [0.29, 0.717) is 8.58 Å². The Labute approximate surface area is 208 Å². The molecule has 2 atom stereocenters. The normalized spacial score (nSPS) is 13.8. The Balaban J connectivity index is 1.98. The average Bonchev–Trinajstić information content (AvgIpc) is 2.82. The minimum atomic E-state index is -0.0480. The van der Waals surface area contributed by atoms with Gasteiger partial charge in [-0.2, -0.15) is 0 Å². The highest BCUT2D eigenvalue weighted by Gasteiger charge is 2.30. The number of nitrogens with one attached hydrogen (secondary N) is 1. The Morgan fingerprint density at radius 2 is 1.50 bits per heavy atom. The van der Waals surface area contributed by atoms with Crippen molar-refractivity contribution in [1.29, 1.82) is 0 Å². The summed E-state index contributed by atoms with van der Waals surface area (Å²) in [5.41, 5.74) is 5.19. The zero-order valence-electron chi connectivity index (χ0n) is 21.6. The van der Waals surface area contributed by atoms with Gasteiger partial charge in [-0.1, -0.05) is 95.2 Å². The van der Waals surface area contributed by atoms with Crippen molar-refractivity contribution in [2.75, 3.05) is 13.9 Å². The molecule has 2 unspecified atom stereocenters. The van der Waals surface area contributed by atoms with E-state index in [-0.39, 0.29) is 17.5 Å². The van der Waals surface area contributed by atoms with Crippen LogP contribution in [0.1, 0.15) is 63.3 Å². The van der Waals surface area contributed by atoms with E-state index in [9.17, 15) is 0 Å². The fourth-order valence-electron chi connectivity index (χ4n) is 4.06. The fourth-order valence-corrected chi connectivity index (χ4v) is 5.68. The van der Waals surface area contributed by atoms with Crippen LogP contribution < -0.4 is 15.4 Å². The first kappa shape index (κ1) is 26.4. The van der Waals surface area contributed by atoms with E-state index in [2.05, 4.69) is 113 Å². The molecule has 0 aliphatic carbocycles. The quantitative estimate of drug-likeness (QED) is 0.244. The van der Waals surface area contributed by atoms with Crippen molar-refractivity contribution in [3.05, 3.63) is 95.1 Å². The Hall–Kier alpha value is -2.19. The van der Waals surface area contributed by atoms with Crippen LogP contribution in [0.15, 0.2) is 72.8 Å². The topological polar surface area (TPSA) is 30.5 Å². The molecule has 0 fully saturated rings. The Morgan fingerprint density at radius 3 is 2.18 bits per heavy atom. The predicted octanol–water partition coefficient (Wildman–Crippen LogP) is 6.78. The molecule has 0 spiro atoms. The molecule has 182 valence electrons. The Bertz CT molecular complexity index is 1050. The second-order valence-corrected chi connectivity index (χ2v) is 12.0. The van der Waals surface area contributed by atoms with Crippen LogP contribution in [-0.2, 0) is 22.9 Å². The van der Waals surface area contributed by atoms with Crippen molar-refractivity contribution in [2.45, 2.75) is 64.7 Å². The van der Waals surface area contributed by atoms with Crippen LogP contribution in [0, 0.1) is 0 Å². The lowest BCUT2D eigenvalue weighted by molar-refractivity contribution is 0.0494. The van der Waals surface area contributed by atoms with Crippen LogP contribution in [0.3, 0.4) is 0 Å². The van der Waals surface area contributed by atoms with Gasteiger partial charge < -0.3 is 14.8 Å². The van der Waals surface area contributed by atoms with Gasteiger partial charge in [0, 0.05) is 36.3 Å². The molecule has 3 nitrogen and oxygen atoms in total. The third-order valence-corrected chi connectivity index (χ3v) is 8.13. The molecule has 0 heterocycles. The van der Waals surface area contributed by atoms with Crippen LogP contribution in [0.4, 0.5) is 0 Å². The number of para-hydroxylation sites is 1. The maximum Gasteiger partial charge on any atom is 0.188 e. The zero-order chi connectivity index (χ0) is 24.6. The molecule has 1 N–H and O–H groups in total. The van der Waals surface area contributed by atoms with Crippen LogP contribution in [0.2, 0.25) is 0 Å². The number of rotatable bonds is 11. The predicted molar refractivity (Wildman–Crippen MR) is 147 cm³/mol. The zero-order valence-corrected chi connectivity index (χ0v) is 22.6. The van der Waals surface area contributed by atoms with Gasteiger partial charge >= 0.3 is 0 Å². The second kappa shape index (κ2) is 12.0. The van der Waals surface area contributed by atoms with Gasteiger partial charge in [-0.25, -0.2) is 0 Å². The van der Waals surface area contributed by atoms with Crippen molar-refractivity contribution < 1.29 is 9.47 Å². The highest BCUT2D eigenvalue weighted by Crippen LogP contribution is 2.48. The van der Waals surface area contributed by atoms with Gasteiger partial charge in [0.05, 0.1) is 0 Å². The number of benzene rings is 3. The van der Waals surface area contributed by atoms with E-state index in [4.69, 9.17) is 9.47 Å². The molecule has 34 heavy (non-hydrogen) atoms. The molecule has 0 bridgehead atoms. The molecule has 4 heteroatoms. The van der Waals surface area contributed by atoms with Crippen molar-refractivity contribution in [3.8, 4) is 5.75 Å². The Kier molecular flexibility index (Phi) is 9.31. The van der Waals surface area contributed by atoms with Gasteiger partial charge in [-0.15, -0.1) is 0 Å². The summed E-state index contributed by atoms with van der Waals surface area (Å²) in [7, 11) is 2.30. The summed E-state index contributed by atoms with van der Waals surface area (Å²) in [6, 6.07) is 26.0. The average molecular weight is 478 g/mol. The molecule has 3 aromatic carbocycles. The fraction of sp³-hybridized carbons (Fsp3) is 0.400. The first-order chi connectivity index (χ1) is 16.3. The lowest BCUT2D eigenvalue weighted by atomic mass is 9.92. The Morgan fingerprint density at radius 1 is 0.824 bits per heavy atom. The van der Waals surface area contributed by atoms with E-state index in [1.54, 1.807) is 7.11 Å². The first-order valence-corrected chi connectivity index (χ1v) is 13.1. The minimum Gasteiger partial charge on any atom is -0.467 e. The molecule has 0 saturated heterocycles. The van der Waals surface area contributed by atoms with E-state index in [0.717, 1.165) is 25.1 Å². The van der Waals surface area contributed by atoms with Gasteiger partial charge in [0.25, 0.3) is 0 Å². The van der Waals surface area contributed by atoms with E-state index < -0.39 is 0 Å². The van der Waals surface area contributed by atoms with Gasteiger partial charge in [0.2, 0.25) is 0 Å². The number of hydrogen-bond acceptors (Lipinski definition) is 3. The van der Waals surface area contributed by atoms with E-state index in [1.807, 2.05) is 0 Å². The molecule has 0 aliphatic heterocycles. The van der Waals surface area contributed by atoms with Crippen molar-refractivity contribution in [3.63, 3.8) is 0 Å². The molecule has 0 aromatic heterocycles. The van der Waals surface area contributed by atoms with Crippen LogP contribution in [0.25, 0.3) is 0 Å². The highest BCUT2D eigenvalue weighted by atomic mass is 31.1. The van der Waals surface area contributed by atoms with Crippen LogP contribution in [-0.4, -0.2) is 19.4 Å². The SMILES string of the molecule is CCC(C)(Pc1ccccc1CNC(C)(C)C)c1cccc(Cc2ccccc2)c1OCOC. The van der Waals surface area contributed by atoms with Crippen molar-refractivity contribution in [1.82, 2.24) is 5.32 Å². The number of hydrogen-bond donors (Lipinski definition) is 1. The van der Waals surface area contributed by atoms with Crippen LogP contribution >= 0.6 is 8.58 Å². The highest BCUT2D eigenvalue weighted by molar-refractivity contribution is 7.48. The monoisotopic (exact) mass is 477 g/mol. The maximum atomic E-state index is 6.27. The van der Waals surface area contributed by atoms with Crippen molar-refractivity contribution in [2.24, 2.45) is 0 Å².